The van der Waals surface area contributed by atoms with Crippen molar-refractivity contribution in [1.29, 1.82) is 0 Å². The van der Waals surface area contributed by atoms with Crippen LogP contribution in [0, 0.1) is 0 Å². The number of guanidine groups is 1. The molecule has 0 saturated carbocycles. The van der Waals surface area contributed by atoms with Gasteiger partial charge in [0.1, 0.15) is 6.04 Å². The first-order chi connectivity index (χ1) is 16.5. The van der Waals surface area contributed by atoms with E-state index in [1.54, 1.807) is 0 Å². The molecule has 0 spiro atoms. The van der Waals surface area contributed by atoms with Gasteiger partial charge in [0.2, 0.25) is 5.91 Å². The van der Waals surface area contributed by atoms with Crippen LogP contribution in [0.15, 0.2) is 4.99 Å². The average molecular weight is 548 g/mol. The number of aliphatic carboxylic acids is 3. The van der Waals surface area contributed by atoms with Gasteiger partial charge in [0.15, 0.2) is 5.96 Å². The van der Waals surface area contributed by atoms with Gasteiger partial charge in [-0.15, -0.1) is 0 Å². The number of carbonyl (C=O) groups is 4. The van der Waals surface area contributed by atoms with Gasteiger partial charge in [-0.2, -0.15) is 0 Å². The monoisotopic (exact) mass is 547 g/mol. The Kier molecular flexibility index (Phi) is 34.6. The van der Waals surface area contributed by atoms with Gasteiger partial charge in [-0.1, -0.05) is 58.3 Å². The smallest absolute Gasteiger partial charge is 0.550 e. The van der Waals surface area contributed by atoms with E-state index >= 15 is 0 Å². The van der Waals surface area contributed by atoms with Crippen molar-refractivity contribution in [3.63, 3.8) is 0 Å². The number of unbranched alkanes of at least 4 members (excludes halogenated alkanes) is 8. The van der Waals surface area contributed by atoms with Crippen molar-refractivity contribution < 1.29 is 93.6 Å². The van der Waals surface area contributed by atoms with Gasteiger partial charge in [-0.25, -0.2) is 4.79 Å². The Bertz CT molecular complexity index is 651. The van der Waals surface area contributed by atoms with Gasteiger partial charge < -0.3 is 47.4 Å². The van der Waals surface area contributed by atoms with Crippen LogP contribution < -0.4 is 91.8 Å². The van der Waals surface area contributed by atoms with E-state index in [1.807, 2.05) is 0 Å². The Morgan fingerprint density at radius 3 is 1.78 bits per heavy atom. The summed E-state index contributed by atoms with van der Waals surface area (Å²) in [4.78, 5) is 46.5. The molecule has 204 valence electrons. The molecule has 0 rings (SSSR count). The zero-order valence-electron chi connectivity index (χ0n) is 22.8. The molecule has 0 aromatic carbocycles. The zero-order valence-corrected chi connectivity index (χ0v) is 26.8. The molecular formula is C23H43N5Na2O7. The SMILES string of the molecule is CCCCCCCCCCCC(=O)NC(CCCN=C(N)N)C(=O)O.NC(CCC(=O)[O-])C(=O)[O-].[Na+].[Na+]. The molecule has 0 aliphatic heterocycles. The Morgan fingerprint density at radius 2 is 1.35 bits per heavy atom. The minimum atomic E-state index is -1.44. The number of carboxylic acid groups (broad SMARTS) is 3. The third-order valence-electron chi connectivity index (χ3n) is 5.05. The maximum absolute atomic E-state index is 11.9. The first-order valence-corrected chi connectivity index (χ1v) is 12.2. The van der Waals surface area contributed by atoms with Crippen molar-refractivity contribution in [2.24, 2.45) is 22.2 Å². The second-order valence-corrected chi connectivity index (χ2v) is 8.32. The summed E-state index contributed by atoms with van der Waals surface area (Å²) in [6, 6.07) is -2.09. The van der Waals surface area contributed by atoms with E-state index in [4.69, 9.17) is 22.3 Å². The summed E-state index contributed by atoms with van der Waals surface area (Å²) in [5.41, 5.74) is 15.3. The fraction of sp³-hybridized carbons (Fsp3) is 0.783. The Morgan fingerprint density at radius 1 is 0.838 bits per heavy atom. The predicted octanol–water partition coefficient (Wildman–Crippen LogP) is -6.87. The van der Waals surface area contributed by atoms with Crippen molar-refractivity contribution in [2.45, 2.75) is 109 Å². The summed E-state index contributed by atoms with van der Waals surface area (Å²) in [6.07, 6.45) is 11.3. The van der Waals surface area contributed by atoms with Crippen LogP contribution in [0.4, 0.5) is 0 Å². The fourth-order valence-corrected chi connectivity index (χ4v) is 3.01. The summed E-state index contributed by atoms with van der Waals surface area (Å²) in [7, 11) is 0. The minimum Gasteiger partial charge on any atom is -0.550 e. The van der Waals surface area contributed by atoms with Gasteiger partial charge in [0.05, 0.1) is 5.97 Å². The van der Waals surface area contributed by atoms with E-state index in [1.165, 1.54) is 38.5 Å². The fourth-order valence-electron chi connectivity index (χ4n) is 3.01. The molecule has 8 N–H and O–H groups in total. The molecule has 0 fully saturated rings. The van der Waals surface area contributed by atoms with Crippen molar-refractivity contribution in [3.8, 4) is 0 Å². The standard InChI is InChI=1S/C18H36N4O3.C5H9NO4.2Na/c1-2-3-4-5-6-7-8-9-10-13-16(23)22-15(17(24)25)12-11-14-21-18(19)20;6-3(5(9)10)1-2-4(7)8;;/h15H,2-14H2,1H3,(H,22,23)(H,24,25)(H4,19,20,21);3H,1-2,6H2,(H,7,8)(H,9,10);;/q;;2*+1/p-2. The van der Waals surface area contributed by atoms with Gasteiger partial charge in [-0.3, -0.25) is 9.79 Å². The topological polar surface area (TPSA) is 237 Å². The number of nitrogens with zero attached hydrogens (tertiary/aromatic N) is 1. The number of rotatable bonds is 20. The van der Waals surface area contributed by atoms with Gasteiger partial charge in [0, 0.05) is 25.0 Å². The number of hydrogen-bond acceptors (Lipinski definition) is 8. The zero-order chi connectivity index (χ0) is 27.1. The molecule has 1 amide bonds. The maximum atomic E-state index is 11.9. The van der Waals surface area contributed by atoms with E-state index in [0.717, 1.165) is 19.3 Å². The van der Waals surface area contributed by atoms with E-state index < -0.39 is 30.0 Å². The second kappa shape index (κ2) is 29.7. The molecule has 0 aromatic rings. The van der Waals surface area contributed by atoms with Crippen molar-refractivity contribution in [2.75, 3.05) is 6.54 Å². The van der Waals surface area contributed by atoms with Crippen LogP contribution in [0.2, 0.25) is 0 Å². The summed E-state index contributed by atoms with van der Waals surface area (Å²) >= 11 is 0. The molecule has 0 aromatic heterocycles. The third kappa shape index (κ3) is 33.1. The number of carbonyl (C=O) groups excluding carboxylic acids is 3. The molecule has 37 heavy (non-hydrogen) atoms. The Hall–Kier alpha value is -0.890. The van der Waals surface area contributed by atoms with Crippen molar-refractivity contribution in [1.82, 2.24) is 5.32 Å². The molecule has 0 heterocycles. The minimum absolute atomic E-state index is 0. The van der Waals surface area contributed by atoms with Crippen LogP contribution in [-0.2, 0) is 19.2 Å². The van der Waals surface area contributed by atoms with Crippen LogP contribution >= 0.6 is 0 Å². The molecule has 0 bridgehead atoms. The molecule has 0 radical (unpaired) electrons. The quantitative estimate of drug-likeness (QED) is 0.0418. The summed E-state index contributed by atoms with van der Waals surface area (Å²) in [5.74, 6) is -3.98. The van der Waals surface area contributed by atoms with Crippen LogP contribution in [0.3, 0.4) is 0 Å². The molecule has 2 atom stereocenters. The van der Waals surface area contributed by atoms with E-state index in [-0.39, 0.29) is 83.8 Å². The van der Waals surface area contributed by atoms with Gasteiger partial charge in [0.25, 0.3) is 0 Å². The molecule has 0 aliphatic rings. The normalized spacial score (nSPS) is 11.3. The molecule has 0 aliphatic carbocycles. The predicted molar refractivity (Wildman–Crippen MR) is 129 cm³/mol. The number of nitrogens with two attached hydrogens (primary N) is 3. The number of carboxylic acids is 3. The first-order valence-electron chi connectivity index (χ1n) is 12.2. The number of aliphatic imine (C=N–C) groups is 1. The maximum Gasteiger partial charge on any atom is 1.00 e. The van der Waals surface area contributed by atoms with Crippen molar-refractivity contribution >= 4 is 29.8 Å². The van der Waals surface area contributed by atoms with E-state index in [2.05, 4.69) is 17.2 Å². The van der Waals surface area contributed by atoms with Gasteiger partial charge in [-0.05, 0) is 32.1 Å². The summed E-state index contributed by atoms with van der Waals surface area (Å²) < 4.78 is 0. The number of amides is 1. The molecule has 14 heteroatoms. The van der Waals surface area contributed by atoms with Crippen molar-refractivity contribution in [3.05, 3.63) is 0 Å². The van der Waals surface area contributed by atoms with E-state index in [9.17, 15) is 29.4 Å². The Balaban J connectivity index is -0.000000385. The molecular weight excluding hydrogens is 504 g/mol. The molecule has 2 unspecified atom stereocenters. The molecule has 12 nitrogen and oxygen atoms in total. The largest absolute Gasteiger partial charge is 1.00 e. The summed E-state index contributed by atoms with van der Waals surface area (Å²) in [5, 5.41) is 31.4. The Labute approximate surface area is 264 Å². The first kappa shape index (κ1) is 43.2. The van der Waals surface area contributed by atoms with Crippen LogP contribution in [0.1, 0.15) is 96.8 Å². The number of nitrogens with one attached hydrogen (secondary N) is 1. The van der Waals surface area contributed by atoms with Crippen LogP contribution in [0.25, 0.3) is 0 Å². The second-order valence-electron chi connectivity index (χ2n) is 8.32. The van der Waals surface area contributed by atoms with E-state index in [0.29, 0.717) is 25.8 Å². The van der Waals surface area contributed by atoms with Crippen LogP contribution in [-0.4, -0.2) is 53.5 Å². The van der Waals surface area contributed by atoms with Gasteiger partial charge >= 0.3 is 65.1 Å². The number of hydrogen-bond donors (Lipinski definition) is 5. The third-order valence-corrected chi connectivity index (χ3v) is 5.05. The average Bonchev–Trinajstić information content (AvgIpc) is 2.78. The molecule has 0 saturated heterocycles. The summed E-state index contributed by atoms with van der Waals surface area (Å²) in [6.45, 7) is 2.57. The van der Waals surface area contributed by atoms with Crippen LogP contribution in [0.5, 0.6) is 0 Å².